The first kappa shape index (κ1) is 16.9. The maximum atomic E-state index is 4.19. The van der Waals surface area contributed by atoms with Crippen LogP contribution in [-0.2, 0) is 0 Å². The van der Waals surface area contributed by atoms with Crippen LogP contribution in [0.2, 0.25) is 0 Å². The Balaban J connectivity index is 0.00000192. The van der Waals surface area contributed by atoms with Gasteiger partial charge in [0.1, 0.15) is 0 Å². The van der Waals surface area contributed by atoms with Gasteiger partial charge in [0, 0.05) is 13.1 Å². The van der Waals surface area contributed by atoms with Gasteiger partial charge in [0.05, 0.1) is 25.5 Å². The SMILES string of the molecule is Br.C(=N\NC1=NCCN1)/c1ccc(/C=N/NC2=NCCN2)cc1. The summed E-state index contributed by atoms with van der Waals surface area (Å²) in [6.07, 6.45) is 3.50. The highest BCUT2D eigenvalue weighted by molar-refractivity contribution is 8.93. The first-order chi connectivity index (χ1) is 10.9. The van der Waals surface area contributed by atoms with Gasteiger partial charge >= 0.3 is 0 Å². The van der Waals surface area contributed by atoms with E-state index in [-0.39, 0.29) is 17.0 Å². The van der Waals surface area contributed by atoms with Crippen molar-refractivity contribution < 1.29 is 0 Å². The van der Waals surface area contributed by atoms with Gasteiger partial charge < -0.3 is 10.6 Å². The lowest BCUT2D eigenvalue weighted by Crippen LogP contribution is -2.30. The molecule has 0 bridgehead atoms. The summed E-state index contributed by atoms with van der Waals surface area (Å²) in [6, 6.07) is 7.90. The molecule has 0 spiro atoms. The van der Waals surface area contributed by atoms with Crippen LogP contribution < -0.4 is 21.5 Å². The second-order valence-corrected chi connectivity index (χ2v) is 4.72. The predicted molar refractivity (Wildman–Crippen MR) is 98.8 cm³/mol. The fraction of sp³-hybridized carbons (Fsp3) is 0.286. The minimum Gasteiger partial charge on any atom is -0.353 e. The maximum Gasteiger partial charge on any atom is 0.212 e. The lowest BCUT2D eigenvalue weighted by Gasteiger charge is -2.00. The number of hydrogen-bond donors (Lipinski definition) is 4. The van der Waals surface area contributed by atoms with Crippen molar-refractivity contribution in [3.05, 3.63) is 35.4 Å². The van der Waals surface area contributed by atoms with Gasteiger partial charge in [0.2, 0.25) is 11.9 Å². The van der Waals surface area contributed by atoms with Crippen LogP contribution in [0, 0.1) is 0 Å². The number of hydrazone groups is 2. The van der Waals surface area contributed by atoms with Crippen LogP contribution in [0.15, 0.2) is 44.5 Å². The number of nitrogens with one attached hydrogen (secondary N) is 4. The van der Waals surface area contributed by atoms with Crippen LogP contribution in [0.1, 0.15) is 11.1 Å². The zero-order valence-electron chi connectivity index (χ0n) is 12.5. The molecule has 0 saturated carbocycles. The molecular formula is C14H19BrN8. The molecule has 0 aliphatic carbocycles. The molecule has 0 atom stereocenters. The van der Waals surface area contributed by atoms with Crippen molar-refractivity contribution in [3.8, 4) is 0 Å². The Morgan fingerprint density at radius 3 is 1.61 bits per heavy atom. The highest BCUT2D eigenvalue weighted by atomic mass is 79.9. The Kier molecular flexibility index (Phi) is 6.55. The molecule has 8 nitrogen and oxygen atoms in total. The predicted octanol–water partition coefficient (Wildman–Crippen LogP) is 0.0299. The summed E-state index contributed by atoms with van der Waals surface area (Å²) < 4.78 is 0. The molecule has 9 heteroatoms. The molecule has 0 unspecified atom stereocenters. The van der Waals surface area contributed by atoms with Gasteiger partial charge in [-0.2, -0.15) is 10.2 Å². The summed E-state index contributed by atoms with van der Waals surface area (Å²) in [5, 5.41) is 14.4. The third-order valence-corrected chi connectivity index (χ3v) is 3.05. The quantitative estimate of drug-likeness (QED) is 0.438. The molecule has 2 heterocycles. The van der Waals surface area contributed by atoms with Crippen molar-refractivity contribution in [3.63, 3.8) is 0 Å². The molecule has 0 aromatic heterocycles. The summed E-state index contributed by atoms with van der Waals surface area (Å²) in [4.78, 5) is 8.38. The minimum absolute atomic E-state index is 0. The van der Waals surface area contributed by atoms with Gasteiger partial charge in [-0.1, -0.05) is 24.3 Å². The van der Waals surface area contributed by atoms with Crippen molar-refractivity contribution in [2.45, 2.75) is 0 Å². The number of benzene rings is 1. The van der Waals surface area contributed by atoms with E-state index in [4.69, 9.17) is 0 Å². The van der Waals surface area contributed by atoms with Crippen molar-refractivity contribution in [1.82, 2.24) is 21.5 Å². The van der Waals surface area contributed by atoms with Crippen LogP contribution in [0.5, 0.6) is 0 Å². The lowest BCUT2D eigenvalue weighted by atomic mass is 10.2. The molecule has 0 radical (unpaired) electrons. The Morgan fingerprint density at radius 1 is 0.826 bits per heavy atom. The monoisotopic (exact) mass is 378 g/mol. The number of aliphatic imine (C=N–C) groups is 2. The highest BCUT2D eigenvalue weighted by Gasteiger charge is 2.02. The average Bonchev–Trinajstić information content (AvgIpc) is 3.22. The minimum atomic E-state index is 0. The molecule has 23 heavy (non-hydrogen) atoms. The van der Waals surface area contributed by atoms with E-state index in [1.807, 2.05) is 24.3 Å². The summed E-state index contributed by atoms with van der Waals surface area (Å²) in [5.41, 5.74) is 7.72. The molecule has 4 N–H and O–H groups in total. The van der Waals surface area contributed by atoms with E-state index in [1.54, 1.807) is 12.4 Å². The first-order valence-corrected chi connectivity index (χ1v) is 7.15. The van der Waals surface area contributed by atoms with E-state index in [1.165, 1.54) is 0 Å². The van der Waals surface area contributed by atoms with Crippen LogP contribution in [0.4, 0.5) is 0 Å². The van der Waals surface area contributed by atoms with E-state index in [2.05, 4.69) is 41.7 Å². The highest BCUT2D eigenvalue weighted by Crippen LogP contribution is 2.00. The van der Waals surface area contributed by atoms with Crippen LogP contribution in [0.25, 0.3) is 0 Å². The van der Waals surface area contributed by atoms with Gasteiger partial charge in [-0.25, -0.2) is 20.8 Å². The van der Waals surface area contributed by atoms with E-state index < -0.39 is 0 Å². The molecule has 122 valence electrons. The van der Waals surface area contributed by atoms with Gasteiger partial charge in [0.25, 0.3) is 0 Å². The second kappa shape index (κ2) is 8.89. The van der Waals surface area contributed by atoms with Gasteiger partial charge in [-0.15, -0.1) is 17.0 Å². The zero-order valence-corrected chi connectivity index (χ0v) is 14.2. The van der Waals surface area contributed by atoms with Crippen LogP contribution in [0.3, 0.4) is 0 Å². The summed E-state index contributed by atoms with van der Waals surface area (Å²) in [6.45, 7) is 3.31. The summed E-state index contributed by atoms with van der Waals surface area (Å²) in [5.74, 6) is 1.43. The van der Waals surface area contributed by atoms with Crippen LogP contribution in [-0.4, -0.2) is 50.5 Å². The Hall–Kier alpha value is -2.42. The Morgan fingerprint density at radius 2 is 1.26 bits per heavy atom. The van der Waals surface area contributed by atoms with Gasteiger partial charge in [-0.3, -0.25) is 0 Å². The van der Waals surface area contributed by atoms with Gasteiger partial charge in [-0.05, 0) is 11.1 Å². The molecule has 0 fully saturated rings. The number of halogens is 1. The molecule has 1 aromatic carbocycles. The van der Waals surface area contributed by atoms with Gasteiger partial charge in [0.15, 0.2) is 0 Å². The maximum absolute atomic E-state index is 4.19. The third kappa shape index (κ3) is 5.37. The summed E-state index contributed by atoms with van der Waals surface area (Å²) in [7, 11) is 0. The van der Waals surface area contributed by atoms with E-state index in [0.717, 1.165) is 49.2 Å². The largest absolute Gasteiger partial charge is 0.353 e. The zero-order chi connectivity index (χ0) is 15.0. The summed E-state index contributed by atoms with van der Waals surface area (Å²) >= 11 is 0. The molecule has 3 rings (SSSR count). The third-order valence-electron chi connectivity index (χ3n) is 3.05. The smallest absolute Gasteiger partial charge is 0.212 e. The fourth-order valence-corrected chi connectivity index (χ4v) is 1.95. The standard InChI is InChI=1S/C14H18N8.BrH/c1-2-12(10-20-22-14-17-7-8-18-14)4-3-11(1)9-19-21-13-15-5-6-16-13;/h1-4,9-10H,5-8H2,(H2,15,16,21)(H2,17,18,22);1H/b19-9+,20-10+;. The lowest BCUT2D eigenvalue weighted by molar-refractivity contribution is 0.919. The normalized spacial score (nSPS) is 16.5. The number of nitrogens with zero attached hydrogens (tertiary/aromatic N) is 4. The van der Waals surface area contributed by atoms with Crippen molar-refractivity contribution >= 4 is 41.3 Å². The number of guanidine groups is 2. The average molecular weight is 379 g/mol. The number of rotatable bonds is 4. The van der Waals surface area contributed by atoms with E-state index in [9.17, 15) is 0 Å². The Labute approximate surface area is 145 Å². The molecule has 1 aromatic rings. The fourth-order valence-electron chi connectivity index (χ4n) is 1.95. The molecular weight excluding hydrogens is 360 g/mol. The molecule has 2 aliphatic rings. The topological polar surface area (TPSA) is 97.6 Å². The molecule has 0 amide bonds. The van der Waals surface area contributed by atoms with Crippen LogP contribution >= 0.6 is 17.0 Å². The Bertz CT molecular complexity index is 565. The number of hydrogen-bond acceptors (Lipinski definition) is 8. The van der Waals surface area contributed by atoms with E-state index in [0.29, 0.717) is 0 Å². The van der Waals surface area contributed by atoms with E-state index >= 15 is 0 Å². The molecule has 0 saturated heterocycles. The molecule has 2 aliphatic heterocycles. The van der Waals surface area contributed by atoms with Crippen molar-refractivity contribution in [2.24, 2.45) is 20.2 Å². The first-order valence-electron chi connectivity index (χ1n) is 7.15. The second-order valence-electron chi connectivity index (χ2n) is 4.72. The van der Waals surface area contributed by atoms with Crippen molar-refractivity contribution in [1.29, 1.82) is 0 Å². The van der Waals surface area contributed by atoms with Crippen molar-refractivity contribution in [2.75, 3.05) is 26.2 Å².